The molecular weight excluding hydrogens is 339 g/mol. The van der Waals surface area contributed by atoms with Crippen molar-refractivity contribution in [1.82, 2.24) is 9.80 Å². The van der Waals surface area contributed by atoms with Gasteiger partial charge in [-0.05, 0) is 17.7 Å². The first-order valence-corrected chi connectivity index (χ1v) is 5.42. The van der Waals surface area contributed by atoms with E-state index in [0.717, 1.165) is 11.5 Å². The van der Waals surface area contributed by atoms with Gasteiger partial charge in [0.15, 0.2) is 5.96 Å². The van der Waals surface area contributed by atoms with E-state index < -0.39 is 0 Å². The van der Waals surface area contributed by atoms with E-state index in [1.807, 2.05) is 56.2 Å². The largest absolute Gasteiger partial charge is 0.349 e. The quantitative estimate of drug-likeness (QED) is 0.462. The molecule has 1 aromatic rings. The molecule has 98 valence electrons. The predicted molar refractivity (Wildman–Crippen MR) is 85.1 cm³/mol. The zero-order valence-corrected chi connectivity index (χ0v) is 13.5. The second-order valence-electron chi connectivity index (χ2n) is 4.22. The highest BCUT2D eigenvalue weighted by Gasteiger charge is 2.03. The van der Waals surface area contributed by atoms with Gasteiger partial charge in [-0.3, -0.25) is 0 Å². The lowest BCUT2D eigenvalue weighted by Gasteiger charge is -2.22. The molecule has 4 nitrogen and oxygen atoms in total. The van der Waals surface area contributed by atoms with Gasteiger partial charge < -0.3 is 9.80 Å². The van der Waals surface area contributed by atoms with Gasteiger partial charge >= 0.3 is 0 Å². The van der Waals surface area contributed by atoms with E-state index >= 15 is 0 Å². The van der Waals surface area contributed by atoms with Gasteiger partial charge in [0.2, 0.25) is 0 Å². The number of aliphatic imine (C=N–C) groups is 1. The number of hydrogen-bond donors (Lipinski definition) is 0. The summed E-state index contributed by atoms with van der Waals surface area (Å²) in [5.41, 5.74) is 1.72. The molecule has 0 fully saturated rings. The summed E-state index contributed by atoms with van der Waals surface area (Å²) in [5.74, 6) is 0.910. The van der Waals surface area contributed by atoms with E-state index in [1.165, 1.54) is 0 Å². The Balaban J connectivity index is 0.00000289. The van der Waals surface area contributed by atoms with E-state index in [4.69, 9.17) is 5.26 Å². The standard InChI is InChI=1S/C13H18N4.HI/c1-16(2)13(17(3)4)15-10-12-7-5-6-11(8-12)9-14;/h5-8H,10H2,1-4H3;1H. The van der Waals surface area contributed by atoms with Gasteiger partial charge in [-0.25, -0.2) is 4.99 Å². The van der Waals surface area contributed by atoms with Crippen molar-refractivity contribution < 1.29 is 0 Å². The van der Waals surface area contributed by atoms with Gasteiger partial charge in [-0.1, -0.05) is 12.1 Å². The Kier molecular flexibility index (Phi) is 7.36. The van der Waals surface area contributed by atoms with Crippen LogP contribution >= 0.6 is 24.0 Å². The second kappa shape index (κ2) is 7.93. The van der Waals surface area contributed by atoms with E-state index in [1.54, 1.807) is 6.07 Å². The maximum atomic E-state index is 8.81. The molecule has 0 aromatic heterocycles. The number of hydrogen-bond acceptors (Lipinski definition) is 2. The molecule has 0 saturated heterocycles. The minimum Gasteiger partial charge on any atom is -0.349 e. The third-order valence-corrected chi connectivity index (χ3v) is 2.26. The SMILES string of the molecule is CN(C)C(=NCc1cccc(C#N)c1)N(C)C.I. The maximum absolute atomic E-state index is 8.81. The van der Waals surface area contributed by atoms with Crippen LogP contribution in [0.1, 0.15) is 11.1 Å². The average molecular weight is 358 g/mol. The van der Waals surface area contributed by atoms with Crippen LogP contribution in [0.5, 0.6) is 0 Å². The van der Waals surface area contributed by atoms with Gasteiger partial charge in [-0.2, -0.15) is 5.26 Å². The third-order valence-electron chi connectivity index (χ3n) is 2.26. The highest BCUT2D eigenvalue weighted by Crippen LogP contribution is 2.06. The summed E-state index contributed by atoms with van der Waals surface area (Å²) in [4.78, 5) is 8.46. The fraction of sp³-hybridized carbons (Fsp3) is 0.385. The third kappa shape index (κ3) is 4.92. The van der Waals surface area contributed by atoms with Crippen molar-refractivity contribution in [1.29, 1.82) is 5.26 Å². The molecule has 0 radical (unpaired) electrons. The number of rotatable bonds is 2. The molecule has 0 amide bonds. The zero-order valence-electron chi connectivity index (χ0n) is 11.2. The molecule has 0 aliphatic heterocycles. The number of guanidine groups is 1. The molecule has 0 N–H and O–H groups in total. The Morgan fingerprint density at radius 2 is 1.83 bits per heavy atom. The summed E-state index contributed by atoms with van der Waals surface area (Å²) < 4.78 is 0. The maximum Gasteiger partial charge on any atom is 0.195 e. The first kappa shape index (κ1) is 16.7. The molecule has 0 bridgehead atoms. The predicted octanol–water partition coefficient (Wildman–Crippen LogP) is 2.16. The summed E-state index contributed by atoms with van der Waals surface area (Å²) in [6.45, 7) is 0.585. The molecule has 1 rings (SSSR count). The fourth-order valence-electron chi connectivity index (χ4n) is 1.58. The van der Waals surface area contributed by atoms with Gasteiger partial charge in [0, 0.05) is 28.2 Å². The van der Waals surface area contributed by atoms with Crippen molar-refractivity contribution in [3.63, 3.8) is 0 Å². The van der Waals surface area contributed by atoms with Crippen molar-refractivity contribution in [3.8, 4) is 6.07 Å². The van der Waals surface area contributed by atoms with Crippen molar-refractivity contribution in [3.05, 3.63) is 35.4 Å². The summed E-state index contributed by atoms with van der Waals surface area (Å²) in [6.07, 6.45) is 0. The molecule has 0 unspecified atom stereocenters. The number of nitriles is 1. The summed E-state index contributed by atoms with van der Waals surface area (Å²) >= 11 is 0. The van der Waals surface area contributed by atoms with Crippen LogP contribution < -0.4 is 0 Å². The molecular formula is C13H19IN4. The molecule has 0 aliphatic carbocycles. The molecule has 0 saturated carbocycles. The molecule has 0 spiro atoms. The molecule has 5 heteroatoms. The number of benzene rings is 1. The van der Waals surface area contributed by atoms with Crippen LogP contribution in [0.2, 0.25) is 0 Å². The van der Waals surface area contributed by atoms with Crippen molar-refractivity contribution in [2.45, 2.75) is 6.54 Å². The smallest absolute Gasteiger partial charge is 0.195 e. The molecule has 1 aromatic carbocycles. The Hall–Kier alpha value is -1.29. The molecule has 0 aliphatic rings. The second-order valence-corrected chi connectivity index (χ2v) is 4.22. The molecule has 0 heterocycles. The van der Waals surface area contributed by atoms with E-state index in [-0.39, 0.29) is 24.0 Å². The minimum atomic E-state index is 0. The lowest BCUT2D eigenvalue weighted by Crippen LogP contribution is -2.35. The van der Waals surface area contributed by atoms with Gasteiger partial charge in [0.05, 0.1) is 18.2 Å². The van der Waals surface area contributed by atoms with Crippen molar-refractivity contribution in [2.75, 3.05) is 28.2 Å². The summed E-state index contributed by atoms with van der Waals surface area (Å²) in [6, 6.07) is 9.66. The van der Waals surface area contributed by atoms with Crippen molar-refractivity contribution >= 4 is 29.9 Å². The highest BCUT2D eigenvalue weighted by molar-refractivity contribution is 14.0. The van der Waals surface area contributed by atoms with Crippen LogP contribution in [0.15, 0.2) is 29.3 Å². The minimum absolute atomic E-state index is 0. The van der Waals surface area contributed by atoms with Crippen LogP contribution in [0, 0.1) is 11.3 Å². The highest BCUT2D eigenvalue weighted by atomic mass is 127. The Morgan fingerprint density at radius 1 is 1.22 bits per heavy atom. The topological polar surface area (TPSA) is 42.6 Å². The van der Waals surface area contributed by atoms with Crippen molar-refractivity contribution in [2.24, 2.45) is 4.99 Å². The van der Waals surface area contributed by atoms with Crippen LogP contribution in [-0.4, -0.2) is 44.0 Å². The van der Waals surface area contributed by atoms with Crippen LogP contribution in [0.25, 0.3) is 0 Å². The van der Waals surface area contributed by atoms with Crippen LogP contribution in [0.3, 0.4) is 0 Å². The van der Waals surface area contributed by atoms with Gasteiger partial charge in [0.25, 0.3) is 0 Å². The normalized spacial score (nSPS) is 8.83. The number of nitrogens with zero attached hydrogens (tertiary/aromatic N) is 4. The Labute approximate surface area is 126 Å². The lowest BCUT2D eigenvalue weighted by molar-refractivity contribution is 0.479. The number of halogens is 1. The summed E-state index contributed by atoms with van der Waals surface area (Å²) in [5, 5.41) is 8.81. The van der Waals surface area contributed by atoms with Gasteiger partial charge in [0.1, 0.15) is 0 Å². The first-order chi connectivity index (χ1) is 8.04. The molecule has 0 atom stereocenters. The Bertz CT molecular complexity index is 437. The van der Waals surface area contributed by atoms with E-state index in [9.17, 15) is 0 Å². The van der Waals surface area contributed by atoms with Crippen LogP contribution in [0.4, 0.5) is 0 Å². The first-order valence-electron chi connectivity index (χ1n) is 5.42. The van der Waals surface area contributed by atoms with E-state index in [2.05, 4.69) is 11.1 Å². The van der Waals surface area contributed by atoms with Gasteiger partial charge in [-0.15, -0.1) is 24.0 Å². The Morgan fingerprint density at radius 3 is 2.33 bits per heavy atom. The zero-order chi connectivity index (χ0) is 12.8. The molecule has 18 heavy (non-hydrogen) atoms. The van der Waals surface area contributed by atoms with Crippen LogP contribution in [-0.2, 0) is 6.54 Å². The van der Waals surface area contributed by atoms with E-state index in [0.29, 0.717) is 12.1 Å². The fourth-order valence-corrected chi connectivity index (χ4v) is 1.58. The summed E-state index contributed by atoms with van der Waals surface area (Å²) in [7, 11) is 7.85. The monoisotopic (exact) mass is 358 g/mol. The lowest BCUT2D eigenvalue weighted by atomic mass is 10.1. The average Bonchev–Trinajstić information content (AvgIpc) is 2.28.